The van der Waals surface area contributed by atoms with Gasteiger partial charge in [0.1, 0.15) is 6.10 Å². The molecule has 1 aromatic heterocycles. The summed E-state index contributed by atoms with van der Waals surface area (Å²) in [6, 6.07) is 21.8. The predicted molar refractivity (Wildman–Crippen MR) is 93.9 cm³/mol. The zero-order valence-corrected chi connectivity index (χ0v) is 13.8. The van der Waals surface area contributed by atoms with Gasteiger partial charge in [0.2, 0.25) is 0 Å². The van der Waals surface area contributed by atoms with E-state index in [1.54, 1.807) is 72.8 Å². The SMILES string of the molecule is O=P(c1ccccc1)(c1ccccc1)[C@H](F)[C@H](O)c1ccccn1. The molecule has 0 aliphatic heterocycles. The lowest BCUT2D eigenvalue weighted by molar-refractivity contribution is 0.115. The van der Waals surface area contributed by atoms with Crippen LogP contribution < -0.4 is 10.6 Å². The van der Waals surface area contributed by atoms with Gasteiger partial charge in [-0.2, -0.15) is 0 Å². The van der Waals surface area contributed by atoms with Crippen LogP contribution in [0.2, 0.25) is 0 Å². The second-order valence-electron chi connectivity index (χ2n) is 5.40. The van der Waals surface area contributed by atoms with Gasteiger partial charge in [-0.3, -0.25) is 4.98 Å². The summed E-state index contributed by atoms with van der Waals surface area (Å²) in [6.07, 6.45) is -0.0984. The summed E-state index contributed by atoms with van der Waals surface area (Å²) in [7, 11) is -3.69. The Morgan fingerprint density at radius 1 is 0.833 bits per heavy atom. The Bertz CT molecular complexity index is 784. The van der Waals surface area contributed by atoms with Gasteiger partial charge in [-0.25, -0.2) is 4.39 Å². The van der Waals surface area contributed by atoms with E-state index in [0.717, 1.165) is 0 Å². The molecule has 0 aliphatic rings. The van der Waals surface area contributed by atoms with Gasteiger partial charge in [-0.15, -0.1) is 0 Å². The van der Waals surface area contributed by atoms with Crippen LogP contribution in [0.25, 0.3) is 0 Å². The zero-order valence-electron chi connectivity index (χ0n) is 12.9. The maximum atomic E-state index is 15.3. The molecule has 0 bridgehead atoms. The van der Waals surface area contributed by atoms with E-state index in [1.165, 1.54) is 12.3 Å². The summed E-state index contributed by atoms with van der Waals surface area (Å²) in [4.78, 5) is 3.99. The van der Waals surface area contributed by atoms with Gasteiger partial charge in [0.05, 0.1) is 5.69 Å². The topological polar surface area (TPSA) is 50.2 Å². The zero-order chi connectivity index (χ0) is 17.0. The summed E-state index contributed by atoms with van der Waals surface area (Å²) < 4.78 is 29.1. The van der Waals surface area contributed by atoms with Crippen molar-refractivity contribution in [3.8, 4) is 0 Å². The van der Waals surface area contributed by atoms with Crippen molar-refractivity contribution in [3.05, 3.63) is 90.8 Å². The van der Waals surface area contributed by atoms with E-state index in [-0.39, 0.29) is 5.69 Å². The van der Waals surface area contributed by atoms with Crippen molar-refractivity contribution in [2.24, 2.45) is 0 Å². The van der Waals surface area contributed by atoms with E-state index >= 15 is 4.39 Å². The van der Waals surface area contributed by atoms with E-state index in [1.807, 2.05) is 0 Å². The molecule has 0 spiro atoms. The quantitative estimate of drug-likeness (QED) is 0.724. The third-order valence-electron chi connectivity index (χ3n) is 3.88. The first-order valence-corrected chi connectivity index (χ1v) is 9.35. The summed E-state index contributed by atoms with van der Waals surface area (Å²) in [5, 5.41) is 11.2. The Morgan fingerprint density at radius 2 is 1.33 bits per heavy atom. The number of aliphatic hydroxyl groups excluding tert-OH is 1. The molecular formula is C19H17FNO2P. The Kier molecular flexibility index (Phi) is 4.89. The maximum absolute atomic E-state index is 15.3. The predicted octanol–water partition coefficient (Wildman–Crippen LogP) is 3.42. The Balaban J connectivity index is 2.11. The average Bonchev–Trinajstić information content (AvgIpc) is 2.68. The van der Waals surface area contributed by atoms with Gasteiger partial charge in [0.25, 0.3) is 0 Å². The van der Waals surface area contributed by atoms with Gasteiger partial charge in [-0.05, 0) is 12.1 Å². The molecule has 0 saturated heterocycles. The molecule has 0 unspecified atom stereocenters. The smallest absolute Gasteiger partial charge is 0.192 e. The molecule has 1 N–H and O–H groups in total. The number of pyridine rings is 1. The summed E-state index contributed by atoms with van der Waals surface area (Å²) in [5.74, 6) is -1.99. The molecule has 122 valence electrons. The molecule has 3 rings (SSSR count). The highest BCUT2D eigenvalue weighted by molar-refractivity contribution is 7.79. The fraction of sp³-hybridized carbons (Fsp3) is 0.105. The van der Waals surface area contributed by atoms with Crippen molar-refractivity contribution in [1.82, 2.24) is 4.98 Å². The van der Waals surface area contributed by atoms with Crippen LogP contribution in [0.4, 0.5) is 4.39 Å². The minimum atomic E-state index is -3.69. The van der Waals surface area contributed by atoms with Crippen molar-refractivity contribution in [1.29, 1.82) is 0 Å². The first-order chi connectivity index (χ1) is 11.6. The van der Waals surface area contributed by atoms with E-state index in [2.05, 4.69) is 4.98 Å². The lowest BCUT2D eigenvalue weighted by atomic mass is 10.2. The number of benzene rings is 2. The van der Waals surface area contributed by atoms with Crippen LogP contribution in [-0.4, -0.2) is 16.0 Å². The van der Waals surface area contributed by atoms with E-state index in [4.69, 9.17) is 0 Å². The molecule has 0 amide bonds. The monoisotopic (exact) mass is 341 g/mol. The number of aromatic nitrogens is 1. The molecule has 2 aromatic carbocycles. The maximum Gasteiger partial charge on any atom is 0.192 e. The molecule has 2 atom stereocenters. The second kappa shape index (κ2) is 7.08. The number of halogens is 1. The number of nitrogens with zero attached hydrogens (tertiary/aromatic N) is 1. The van der Waals surface area contributed by atoms with Crippen LogP contribution in [0.15, 0.2) is 85.1 Å². The van der Waals surface area contributed by atoms with E-state index < -0.39 is 19.2 Å². The normalized spacial score (nSPS) is 14.1. The molecule has 0 fully saturated rings. The Hall–Kier alpha value is -2.29. The van der Waals surface area contributed by atoms with Crippen LogP contribution in [-0.2, 0) is 4.57 Å². The van der Waals surface area contributed by atoms with Gasteiger partial charge in [0.15, 0.2) is 13.1 Å². The first-order valence-electron chi connectivity index (χ1n) is 7.58. The van der Waals surface area contributed by atoms with Crippen molar-refractivity contribution < 1.29 is 14.1 Å². The number of rotatable bonds is 5. The molecule has 3 aromatic rings. The molecule has 3 nitrogen and oxygen atoms in total. The van der Waals surface area contributed by atoms with Crippen molar-refractivity contribution >= 4 is 17.8 Å². The van der Waals surface area contributed by atoms with Crippen LogP contribution in [0.1, 0.15) is 11.8 Å². The molecule has 1 heterocycles. The highest BCUT2D eigenvalue weighted by atomic mass is 31.2. The molecule has 24 heavy (non-hydrogen) atoms. The van der Waals surface area contributed by atoms with Gasteiger partial charge in [-0.1, -0.05) is 66.7 Å². The van der Waals surface area contributed by atoms with Gasteiger partial charge in [0, 0.05) is 16.8 Å². The highest BCUT2D eigenvalue weighted by Gasteiger charge is 2.42. The van der Waals surface area contributed by atoms with Crippen molar-refractivity contribution in [3.63, 3.8) is 0 Å². The molecular weight excluding hydrogens is 324 g/mol. The van der Waals surface area contributed by atoms with E-state index in [9.17, 15) is 9.67 Å². The second-order valence-corrected chi connectivity index (χ2v) is 8.24. The third kappa shape index (κ3) is 3.03. The summed E-state index contributed by atoms with van der Waals surface area (Å²) >= 11 is 0. The Morgan fingerprint density at radius 3 is 1.79 bits per heavy atom. The Labute approximate surface area is 140 Å². The first kappa shape index (κ1) is 16.6. The fourth-order valence-corrected chi connectivity index (χ4v) is 5.27. The molecule has 0 saturated carbocycles. The summed E-state index contributed by atoms with van der Waals surface area (Å²) in [5.41, 5.74) is 0.164. The van der Waals surface area contributed by atoms with Crippen LogP contribution in [0.5, 0.6) is 0 Å². The van der Waals surface area contributed by atoms with Crippen LogP contribution in [0.3, 0.4) is 0 Å². The fourth-order valence-electron chi connectivity index (χ4n) is 2.62. The number of hydrogen-bond acceptors (Lipinski definition) is 3. The van der Waals surface area contributed by atoms with Crippen molar-refractivity contribution in [2.45, 2.75) is 12.0 Å². The lowest BCUT2D eigenvalue weighted by Crippen LogP contribution is -2.28. The van der Waals surface area contributed by atoms with Gasteiger partial charge >= 0.3 is 0 Å². The van der Waals surface area contributed by atoms with Crippen LogP contribution >= 0.6 is 7.14 Å². The number of alkyl halides is 1. The molecule has 0 radical (unpaired) electrons. The standard InChI is InChI=1S/C19H17FNO2P/c20-19(18(22)17-13-7-8-14-21-17)24(23,15-9-3-1-4-10-15)16-11-5-2-6-12-16/h1-14,18-19,22H/t18-,19+/m1/s1. The largest absolute Gasteiger partial charge is 0.383 e. The summed E-state index contributed by atoms with van der Waals surface area (Å²) in [6.45, 7) is 0. The third-order valence-corrected chi connectivity index (χ3v) is 6.99. The van der Waals surface area contributed by atoms with Crippen LogP contribution in [0, 0.1) is 0 Å². The average molecular weight is 341 g/mol. The minimum absolute atomic E-state index is 0.164. The highest BCUT2D eigenvalue weighted by Crippen LogP contribution is 2.53. The molecule has 5 heteroatoms. The number of aliphatic hydroxyl groups is 1. The lowest BCUT2D eigenvalue weighted by Gasteiger charge is -2.26. The number of hydrogen-bond donors (Lipinski definition) is 1. The van der Waals surface area contributed by atoms with Crippen molar-refractivity contribution in [2.75, 3.05) is 0 Å². The van der Waals surface area contributed by atoms with E-state index in [0.29, 0.717) is 10.6 Å². The molecule has 0 aliphatic carbocycles. The minimum Gasteiger partial charge on any atom is -0.383 e. The van der Waals surface area contributed by atoms with Gasteiger partial charge < -0.3 is 9.67 Å².